The molecule has 0 atom stereocenters. The van der Waals surface area contributed by atoms with Crippen molar-refractivity contribution in [3.8, 4) is 5.75 Å². The zero-order chi connectivity index (χ0) is 9.14. The molecule has 0 aliphatic heterocycles. The van der Waals surface area contributed by atoms with E-state index >= 15 is 0 Å². The largest absolute Gasteiger partial charge is 0.488 e. The SMILES string of the molecule is Cc1ccc(F)c(OC(C)C)c1. The quantitative estimate of drug-likeness (QED) is 0.659. The molecule has 0 spiro atoms. The standard InChI is InChI=1S/C10H13FO/c1-7(2)12-10-6-8(3)4-5-9(10)11/h4-7H,1-3H3. The van der Waals surface area contributed by atoms with Crippen molar-refractivity contribution >= 4 is 0 Å². The summed E-state index contributed by atoms with van der Waals surface area (Å²) in [5.41, 5.74) is 1.01. The smallest absolute Gasteiger partial charge is 0.165 e. The Morgan fingerprint density at radius 2 is 2.00 bits per heavy atom. The summed E-state index contributed by atoms with van der Waals surface area (Å²) in [4.78, 5) is 0. The topological polar surface area (TPSA) is 9.23 Å². The third-order valence-corrected chi connectivity index (χ3v) is 1.45. The molecule has 0 heterocycles. The fourth-order valence-corrected chi connectivity index (χ4v) is 0.955. The van der Waals surface area contributed by atoms with E-state index in [0.29, 0.717) is 5.75 Å². The molecular formula is C10H13FO. The van der Waals surface area contributed by atoms with Crippen molar-refractivity contribution in [2.24, 2.45) is 0 Å². The van der Waals surface area contributed by atoms with Crippen LogP contribution in [0, 0.1) is 12.7 Å². The van der Waals surface area contributed by atoms with Crippen LogP contribution in [-0.4, -0.2) is 6.10 Å². The number of aryl methyl sites for hydroxylation is 1. The lowest BCUT2D eigenvalue weighted by atomic mass is 10.2. The van der Waals surface area contributed by atoms with Crippen molar-refractivity contribution in [1.29, 1.82) is 0 Å². The van der Waals surface area contributed by atoms with E-state index in [4.69, 9.17) is 4.74 Å². The van der Waals surface area contributed by atoms with E-state index in [9.17, 15) is 4.39 Å². The lowest BCUT2D eigenvalue weighted by Crippen LogP contribution is -2.06. The minimum Gasteiger partial charge on any atom is -0.488 e. The van der Waals surface area contributed by atoms with Crippen LogP contribution in [0.25, 0.3) is 0 Å². The van der Waals surface area contributed by atoms with Gasteiger partial charge >= 0.3 is 0 Å². The number of hydrogen-bond acceptors (Lipinski definition) is 1. The Balaban J connectivity index is 2.90. The lowest BCUT2D eigenvalue weighted by Gasteiger charge is -2.10. The Labute approximate surface area is 72.2 Å². The van der Waals surface area contributed by atoms with Gasteiger partial charge in [0, 0.05) is 0 Å². The second kappa shape index (κ2) is 3.57. The van der Waals surface area contributed by atoms with Crippen LogP contribution < -0.4 is 4.74 Å². The van der Waals surface area contributed by atoms with Gasteiger partial charge in [0.1, 0.15) is 0 Å². The molecule has 2 heteroatoms. The van der Waals surface area contributed by atoms with Crippen LogP contribution in [0.3, 0.4) is 0 Å². The fraction of sp³-hybridized carbons (Fsp3) is 0.400. The van der Waals surface area contributed by atoms with Crippen molar-refractivity contribution in [2.75, 3.05) is 0 Å². The third-order valence-electron chi connectivity index (χ3n) is 1.45. The van der Waals surface area contributed by atoms with Crippen molar-refractivity contribution < 1.29 is 9.13 Å². The molecule has 0 fully saturated rings. The maximum atomic E-state index is 13.0. The van der Waals surface area contributed by atoms with Crippen LogP contribution in [0.4, 0.5) is 4.39 Å². The minimum atomic E-state index is -0.297. The fourth-order valence-electron chi connectivity index (χ4n) is 0.955. The highest BCUT2D eigenvalue weighted by molar-refractivity contribution is 5.29. The van der Waals surface area contributed by atoms with E-state index in [1.807, 2.05) is 20.8 Å². The predicted molar refractivity (Wildman–Crippen MR) is 46.9 cm³/mol. The summed E-state index contributed by atoms with van der Waals surface area (Å²) in [5, 5.41) is 0. The zero-order valence-corrected chi connectivity index (χ0v) is 7.60. The molecule has 0 bridgehead atoms. The van der Waals surface area contributed by atoms with Crippen LogP contribution >= 0.6 is 0 Å². The average Bonchev–Trinajstić information content (AvgIpc) is 1.96. The summed E-state index contributed by atoms with van der Waals surface area (Å²) < 4.78 is 18.3. The van der Waals surface area contributed by atoms with Crippen LogP contribution in [0.15, 0.2) is 18.2 Å². The van der Waals surface area contributed by atoms with Gasteiger partial charge in [-0.15, -0.1) is 0 Å². The van der Waals surface area contributed by atoms with Crippen LogP contribution in [0.5, 0.6) is 5.75 Å². The molecule has 66 valence electrons. The molecule has 1 aromatic carbocycles. The van der Waals surface area contributed by atoms with E-state index < -0.39 is 0 Å². The third kappa shape index (κ3) is 2.22. The maximum Gasteiger partial charge on any atom is 0.165 e. The Hall–Kier alpha value is -1.05. The second-order valence-corrected chi connectivity index (χ2v) is 3.10. The lowest BCUT2D eigenvalue weighted by molar-refractivity contribution is 0.231. The van der Waals surface area contributed by atoms with Crippen molar-refractivity contribution in [1.82, 2.24) is 0 Å². The first-order valence-corrected chi connectivity index (χ1v) is 4.02. The van der Waals surface area contributed by atoms with Crippen LogP contribution in [0.1, 0.15) is 19.4 Å². The van der Waals surface area contributed by atoms with Crippen molar-refractivity contribution in [3.63, 3.8) is 0 Å². The first-order valence-electron chi connectivity index (χ1n) is 4.02. The Bertz CT molecular complexity index is 269. The van der Waals surface area contributed by atoms with Gasteiger partial charge in [-0.25, -0.2) is 4.39 Å². The van der Waals surface area contributed by atoms with E-state index in [1.54, 1.807) is 12.1 Å². The van der Waals surface area contributed by atoms with Gasteiger partial charge in [-0.2, -0.15) is 0 Å². The Morgan fingerprint density at radius 3 is 2.58 bits per heavy atom. The maximum absolute atomic E-state index is 13.0. The van der Waals surface area contributed by atoms with E-state index in [2.05, 4.69) is 0 Å². The molecule has 0 N–H and O–H groups in total. The Morgan fingerprint density at radius 1 is 1.33 bits per heavy atom. The summed E-state index contributed by atoms with van der Waals surface area (Å²) >= 11 is 0. The van der Waals surface area contributed by atoms with Gasteiger partial charge in [0.15, 0.2) is 11.6 Å². The average molecular weight is 168 g/mol. The first kappa shape index (κ1) is 9.04. The highest BCUT2D eigenvalue weighted by Gasteiger charge is 2.04. The second-order valence-electron chi connectivity index (χ2n) is 3.10. The summed E-state index contributed by atoms with van der Waals surface area (Å²) in [6, 6.07) is 4.85. The van der Waals surface area contributed by atoms with Crippen LogP contribution in [-0.2, 0) is 0 Å². The molecule has 0 unspecified atom stereocenters. The van der Waals surface area contributed by atoms with Gasteiger partial charge in [-0.3, -0.25) is 0 Å². The first-order chi connectivity index (χ1) is 5.59. The monoisotopic (exact) mass is 168 g/mol. The van der Waals surface area contributed by atoms with Gasteiger partial charge < -0.3 is 4.74 Å². The highest BCUT2D eigenvalue weighted by atomic mass is 19.1. The van der Waals surface area contributed by atoms with Gasteiger partial charge in [0.05, 0.1) is 6.10 Å². The Kier molecular flexibility index (Phi) is 2.69. The molecule has 12 heavy (non-hydrogen) atoms. The number of halogens is 1. The summed E-state index contributed by atoms with van der Waals surface area (Å²) in [5.74, 6) is 0.0410. The summed E-state index contributed by atoms with van der Waals surface area (Å²) in [7, 11) is 0. The number of benzene rings is 1. The molecule has 1 aromatic rings. The molecule has 0 radical (unpaired) electrons. The summed E-state index contributed by atoms with van der Waals surface area (Å²) in [6.45, 7) is 5.66. The number of rotatable bonds is 2. The number of ether oxygens (including phenoxy) is 1. The molecular weight excluding hydrogens is 155 g/mol. The van der Waals surface area contributed by atoms with Gasteiger partial charge in [0.2, 0.25) is 0 Å². The van der Waals surface area contributed by atoms with E-state index in [1.165, 1.54) is 6.07 Å². The molecule has 0 saturated heterocycles. The zero-order valence-electron chi connectivity index (χ0n) is 7.60. The van der Waals surface area contributed by atoms with E-state index in [0.717, 1.165) is 5.56 Å². The normalized spacial score (nSPS) is 10.4. The van der Waals surface area contributed by atoms with E-state index in [-0.39, 0.29) is 11.9 Å². The predicted octanol–water partition coefficient (Wildman–Crippen LogP) is 2.92. The van der Waals surface area contributed by atoms with Gasteiger partial charge in [0.25, 0.3) is 0 Å². The molecule has 1 nitrogen and oxygen atoms in total. The molecule has 0 aliphatic rings. The van der Waals surface area contributed by atoms with Crippen molar-refractivity contribution in [2.45, 2.75) is 26.9 Å². The molecule has 0 aromatic heterocycles. The minimum absolute atomic E-state index is 0.0151. The van der Waals surface area contributed by atoms with Crippen molar-refractivity contribution in [3.05, 3.63) is 29.6 Å². The molecule has 0 amide bonds. The van der Waals surface area contributed by atoms with Crippen LogP contribution in [0.2, 0.25) is 0 Å². The molecule has 1 rings (SSSR count). The molecule has 0 saturated carbocycles. The highest BCUT2D eigenvalue weighted by Crippen LogP contribution is 2.19. The summed E-state index contributed by atoms with van der Waals surface area (Å²) in [6.07, 6.45) is 0.0151. The van der Waals surface area contributed by atoms with Gasteiger partial charge in [-0.1, -0.05) is 6.07 Å². The number of hydrogen-bond donors (Lipinski definition) is 0. The molecule has 0 aliphatic carbocycles. The van der Waals surface area contributed by atoms with Gasteiger partial charge in [-0.05, 0) is 38.5 Å².